The lowest BCUT2D eigenvalue weighted by molar-refractivity contribution is 0.188. The molecule has 3 rings (SSSR count). The molecule has 0 amide bonds. The van der Waals surface area contributed by atoms with Crippen LogP contribution in [0.5, 0.6) is 5.75 Å². The van der Waals surface area contributed by atoms with E-state index in [0.717, 1.165) is 5.69 Å². The minimum atomic E-state index is 0.342. The zero-order valence-electron chi connectivity index (χ0n) is 11.0. The Morgan fingerprint density at radius 3 is 2.17 bits per heavy atom. The quantitative estimate of drug-likeness (QED) is 0.761. The molecule has 0 saturated heterocycles. The molecule has 0 aromatic heterocycles. The van der Waals surface area contributed by atoms with Crippen molar-refractivity contribution >= 4 is 5.69 Å². The van der Waals surface area contributed by atoms with Crippen LogP contribution in [-0.4, -0.2) is 11.1 Å². The van der Waals surface area contributed by atoms with E-state index in [9.17, 15) is 5.11 Å². The van der Waals surface area contributed by atoms with Gasteiger partial charge in [-0.25, -0.2) is 0 Å². The maximum atomic E-state index is 9.27. The summed E-state index contributed by atoms with van der Waals surface area (Å²) < 4.78 is 0. The first-order valence-electron chi connectivity index (χ1n) is 7.31. The van der Waals surface area contributed by atoms with Crippen LogP contribution in [0.15, 0.2) is 24.3 Å². The maximum Gasteiger partial charge on any atom is 0.115 e. The predicted octanol–water partition coefficient (Wildman–Crippen LogP) is 4.31. The number of rotatable bonds is 2. The fraction of sp³-hybridized carbons (Fsp3) is 0.625. The second-order valence-corrected chi connectivity index (χ2v) is 6.17. The number of anilines is 1. The summed E-state index contributed by atoms with van der Waals surface area (Å²) >= 11 is 0. The highest BCUT2D eigenvalue weighted by molar-refractivity contribution is 5.46. The third-order valence-corrected chi connectivity index (χ3v) is 4.95. The highest BCUT2D eigenvalue weighted by atomic mass is 16.3. The van der Waals surface area contributed by atoms with Gasteiger partial charge in [-0.05, 0) is 68.2 Å². The molecule has 2 N–H and O–H groups in total. The summed E-state index contributed by atoms with van der Waals surface area (Å²) in [4.78, 5) is 0. The van der Waals surface area contributed by atoms with Gasteiger partial charge in [-0.2, -0.15) is 0 Å². The van der Waals surface area contributed by atoms with Crippen LogP contribution in [0.3, 0.4) is 0 Å². The standard InChI is InChI=1S/C16H23NO/c18-15-5-3-13(4-6-15)17-14-7-11-16(12-8-14)9-1-2-10-16/h3-6,14,17-18H,1-2,7-12H2. The first-order valence-corrected chi connectivity index (χ1v) is 7.31. The summed E-state index contributed by atoms with van der Waals surface area (Å²) in [6.07, 6.45) is 11.3. The molecule has 0 unspecified atom stereocenters. The van der Waals surface area contributed by atoms with Crippen molar-refractivity contribution in [2.45, 2.75) is 57.4 Å². The van der Waals surface area contributed by atoms with Crippen LogP contribution in [-0.2, 0) is 0 Å². The lowest BCUT2D eigenvalue weighted by Crippen LogP contribution is -2.31. The van der Waals surface area contributed by atoms with E-state index in [1.807, 2.05) is 12.1 Å². The Hall–Kier alpha value is -1.18. The van der Waals surface area contributed by atoms with Crippen molar-refractivity contribution in [3.8, 4) is 5.75 Å². The Labute approximate surface area is 109 Å². The number of hydrogen-bond acceptors (Lipinski definition) is 2. The van der Waals surface area contributed by atoms with Gasteiger partial charge in [-0.15, -0.1) is 0 Å². The van der Waals surface area contributed by atoms with Crippen molar-refractivity contribution < 1.29 is 5.11 Å². The summed E-state index contributed by atoms with van der Waals surface area (Å²) in [6.45, 7) is 0. The van der Waals surface area contributed by atoms with Crippen LogP contribution in [0, 0.1) is 5.41 Å². The van der Waals surface area contributed by atoms with Crippen LogP contribution in [0.2, 0.25) is 0 Å². The maximum absolute atomic E-state index is 9.27. The largest absolute Gasteiger partial charge is 0.508 e. The van der Waals surface area contributed by atoms with E-state index in [1.54, 1.807) is 12.1 Å². The molecule has 0 aliphatic heterocycles. The van der Waals surface area contributed by atoms with Crippen LogP contribution in [0.4, 0.5) is 5.69 Å². The Morgan fingerprint density at radius 2 is 1.56 bits per heavy atom. The molecule has 2 nitrogen and oxygen atoms in total. The topological polar surface area (TPSA) is 32.3 Å². The minimum Gasteiger partial charge on any atom is -0.508 e. The normalized spacial score (nSPS) is 23.3. The molecule has 2 saturated carbocycles. The lowest BCUT2D eigenvalue weighted by atomic mass is 9.71. The van der Waals surface area contributed by atoms with Gasteiger partial charge in [0.05, 0.1) is 0 Å². The number of nitrogens with one attached hydrogen (secondary N) is 1. The summed E-state index contributed by atoms with van der Waals surface area (Å²) in [7, 11) is 0. The summed E-state index contributed by atoms with van der Waals surface area (Å²) in [5.41, 5.74) is 1.85. The molecule has 0 atom stereocenters. The van der Waals surface area contributed by atoms with Crippen molar-refractivity contribution in [3.05, 3.63) is 24.3 Å². The first kappa shape index (κ1) is 11.9. The van der Waals surface area contributed by atoms with Gasteiger partial charge in [0.2, 0.25) is 0 Å². The Bertz CT molecular complexity index is 382. The van der Waals surface area contributed by atoms with E-state index in [0.29, 0.717) is 17.2 Å². The smallest absolute Gasteiger partial charge is 0.115 e. The van der Waals surface area contributed by atoms with Gasteiger partial charge in [0, 0.05) is 11.7 Å². The van der Waals surface area contributed by atoms with Gasteiger partial charge < -0.3 is 10.4 Å². The molecular weight excluding hydrogens is 222 g/mol. The number of hydrogen-bond donors (Lipinski definition) is 2. The van der Waals surface area contributed by atoms with E-state index < -0.39 is 0 Å². The molecule has 1 spiro atoms. The molecule has 0 heterocycles. The summed E-state index contributed by atoms with van der Waals surface area (Å²) in [5, 5.41) is 12.9. The van der Waals surface area contributed by atoms with Gasteiger partial charge in [-0.3, -0.25) is 0 Å². The number of phenolic OH excluding ortho intramolecular Hbond substituents is 1. The summed E-state index contributed by atoms with van der Waals surface area (Å²) in [6, 6.07) is 8.07. The molecule has 2 aliphatic carbocycles. The van der Waals surface area contributed by atoms with Crippen molar-refractivity contribution in [1.82, 2.24) is 0 Å². The second-order valence-electron chi connectivity index (χ2n) is 6.17. The molecule has 2 aliphatic rings. The van der Waals surface area contributed by atoms with E-state index in [2.05, 4.69) is 5.32 Å². The predicted molar refractivity (Wildman–Crippen MR) is 74.9 cm³/mol. The monoisotopic (exact) mass is 245 g/mol. The zero-order chi connectivity index (χ0) is 12.4. The van der Waals surface area contributed by atoms with Gasteiger partial charge in [-0.1, -0.05) is 12.8 Å². The Balaban J connectivity index is 1.55. The molecule has 0 bridgehead atoms. The van der Waals surface area contributed by atoms with Crippen LogP contribution >= 0.6 is 0 Å². The molecule has 98 valence electrons. The zero-order valence-corrected chi connectivity index (χ0v) is 11.0. The van der Waals surface area contributed by atoms with Gasteiger partial charge in [0.25, 0.3) is 0 Å². The summed E-state index contributed by atoms with van der Waals surface area (Å²) in [5.74, 6) is 0.342. The Morgan fingerprint density at radius 1 is 0.944 bits per heavy atom. The van der Waals surface area contributed by atoms with Crippen LogP contribution in [0.25, 0.3) is 0 Å². The molecule has 1 aromatic carbocycles. The van der Waals surface area contributed by atoms with Gasteiger partial charge >= 0.3 is 0 Å². The first-order chi connectivity index (χ1) is 8.76. The average molecular weight is 245 g/mol. The van der Waals surface area contributed by atoms with Gasteiger partial charge in [0.1, 0.15) is 5.75 Å². The fourth-order valence-corrected chi connectivity index (χ4v) is 3.79. The van der Waals surface area contributed by atoms with E-state index in [-0.39, 0.29) is 0 Å². The van der Waals surface area contributed by atoms with E-state index in [4.69, 9.17) is 0 Å². The van der Waals surface area contributed by atoms with E-state index in [1.165, 1.54) is 51.4 Å². The third kappa shape index (κ3) is 2.47. The molecule has 2 heteroatoms. The second kappa shape index (κ2) is 4.83. The Kier molecular flexibility index (Phi) is 3.19. The molecule has 18 heavy (non-hydrogen) atoms. The molecular formula is C16H23NO. The number of aromatic hydroxyl groups is 1. The number of phenols is 1. The fourth-order valence-electron chi connectivity index (χ4n) is 3.79. The molecule has 2 fully saturated rings. The highest BCUT2D eigenvalue weighted by Crippen LogP contribution is 2.49. The SMILES string of the molecule is Oc1ccc(NC2CCC3(CCCC3)CC2)cc1. The average Bonchev–Trinajstić information content (AvgIpc) is 2.84. The van der Waals surface area contributed by atoms with Crippen molar-refractivity contribution in [3.63, 3.8) is 0 Å². The van der Waals surface area contributed by atoms with Crippen molar-refractivity contribution in [2.24, 2.45) is 5.41 Å². The molecule has 1 aromatic rings. The van der Waals surface area contributed by atoms with Gasteiger partial charge in [0.15, 0.2) is 0 Å². The van der Waals surface area contributed by atoms with Crippen LogP contribution in [0.1, 0.15) is 51.4 Å². The third-order valence-electron chi connectivity index (χ3n) is 4.95. The van der Waals surface area contributed by atoms with Crippen LogP contribution < -0.4 is 5.32 Å². The van der Waals surface area contributed by atoms with Crippen molar-refractivity contribution in [1.29, 1.82) is 0 Å². The highest BCUT2D eigenvalue weighted by Gasteiger charge is 2.37. The minimum absolute atomic E-state index is 0.342. The lowest BCUT2D eigenvalue weighted by Gasteiger charge is -2.37. The van der Waals surface area contributed by atoms with E-state index >= 15 is 0 Å². The van der Waals surface area contributed by atoms with Crippen molar-refractivity contribution in [2.75, 3.05) is 5.32 Å². The number of benzene rings is 1. The molecule has 0 radical (unpaired) electrons.